The van der Waals surface area contributed by atoms with Crippen LogP contribution in [0.1, 0.15) is 30.0 Å². The Hall–Kier alpha value is -2.69. The van der Waals surface area contributed by atoms with E-state index in [4.69, 9.17) is 0 Å². The van der Waals surface area contributed by atoms with E-state index in [0.29, 0.717) is 26.1 Å². The van der Waals surface area contributed by atoms with Gasteiger partial charge in [0.05, 0.1) is 0 Å². The van der Waals surface area contributed by atoms with Crippen molar-refractivity contribution in [3.8, 4) is 0 Å². The van der Waals surface area contributed by atoms with Crippen molar-refractivity contribution >= 4 is 11.8 Å². The molecule has 0 fully saturated rings. The topological polar surface area (TPSA) is 49.4 Å². The second kappa shape index (κ2) is 9.70. The Balaban J connectivity index is 1.78. The lowest BCUT2D eigenvalue weighted by atomic mass is 10.1. The van der Waals surface area contributed by atoms with Gasteiger partial charge in [-0.25, -0.2) is 4.39 Å². The van der Waals surface area contributed by atoms with Gasteiger partial charge in [0.1, 0.15) is 5.82 Å². The summed E-state index contributed by atoms with van der Waals surface area (Å²) in [7, 11) is 0. The zero-order valence-electron chi connectivity index (χ0n) is 15.3. The molecule has 1 N–H and O–H groups in total. The monoisotopic (exact) mass is 356 g/mol. The molecule has 0 aliphatic carbocycles. The standard InChI is InChI=1S/C21H25FN2O2/c1-16-5-3-4-6-19(16)15-23-21(26)12-14-24(17(2)25)13-11-18-7-9-20(22)10-8-18/h3-10H,11-15H2,1-2H3,(H,23,26). The van der Waals surface area contributed by atoms with Crippen LogP contribution in [0.5, 0.6) is 0 Å². The number of aryl methyl sites for hydroxylation is 1. The molecule has 0 aromatic heterocycles. The van der Waals surface area contributed by atoms with E-state index in [1.54, 1.807) is 17.0 Å². The van der Waals surface area contributed by atoms with E-state index in [1.165, 1.54) is 19.1 Å². The highest BCUT2D eigenvalue weighted by atomic mass is 19.1. The van der Waals surface area contributed by atoms with Gasteiger partial charge in [0, 0.05) is 33.0 Å². The molecule has 0 radical (unpaired) electrons. The molecule has 0 unspecified atom stereocenters. The highest BCUT2D eigenvalue weighted by Gasteiger charge is 2.11. The number of carbonyl (C=O) groups excluding carboxylic acids is 2. The van der Waals surface area contributed by atoms with Gasteiger partial charge in [-0.3, -0.25) is 9.59 Å². The maximum Gasteiger partial charge on any atom is 0.222 e. The quantitative estimate of drug-likeness (QED) is 0.789. The smallest absolute Gasteiger partial charge is 0.222 e. The average molecular weight is 356 g/mol. The molecule has 138 valence electrons. The Morgan fingerprint density at radius 3 is 2.38 bits per heavy atom. The number of benzene rings is 2. The van der Waals surface area contributed by atoms with Crippen molar-refractivity contribution in [1.29, 1.82) is 0 Å². The van der Waals surface area contributed by atoms with Gasteiger partial charge in [-0.2, -0.15) is 0 Å². The third kappa shape index (κ3) is 6.31. The molecule has 4 nitrogen and oxygen atoms in total. The summed E-state index contributed by atoms with van der Waals surface area (Å²) < 4.78 is 12.9. The van der Waals surface area contributed by atoms with Crippen molar-refractivity contribution in [2.45, 2.75) is 33.2 Å². The van der Waals surface area contributed by atoms with Gasteiger partial charge in [0.15, 0.2) is 0 Å². The Morgan fingerprint density at radius 2 is 1.73 bits per heavy atom. The molecule has 0 bridgehead atoms. The highest BCUT2D eigenvalue weighted by Crippen LogP contribution is 2.07. The summed E-state index contributed by atoms with van der Waals surface area (Å²) in [4.78, 5) is 25.5. The van der Waals surface area contributed by atoms with Crippen LogP contribution >= 0.6 is 0 Å². The summed E-state index contributed by atoms with van der Waals surface area (Å²) in [5.74, 6) is -0.428. The maximum atomic E-state index is 12.9. The molecule has 26 heavy (non-hydrogen) atoms. The number of rotatable bonds is 8. The van der Waals surface area contributed by atoms with E-state index in [0.717, 1.165) is 16.7 Å². The molecule has 2 aromatic carbocycles. The normalized spacial score (nSPS) is 10.4. The Bertz CT molecular complexity index is 744. The Labute approximate surface area is 154 Å². The van der Waals surface area contributed by atoms with Gasteiger partial charge >= 0.3 is 0 Å². The summed E-state index contributed by atoms with van der Waals surface area (Å²) in [5.41, 5.74) is 3.18. The summed E-state index contributed by atoms with van der Waals surface area (Å²) in [6, 6.07) is 14.1. The first-order valence-corrected chi connectivity index (χ1v) is 8.77. The largest absolute Gasteiger partial charge is 0.352 e. The van der Waals surface area contributed by atoms with Crippen LogP contribution in [0.2, 0.25) is 0 Å². The van der Waals surface area contributed by atoms with Crippen LogP contribution in [0.15, 0.2) is 48.5 Å². The van der Waals surface area contributed by atoms with Gasteiger partial charge in [-0.1, -0.05) is 36.4 Å². The number of hydrogen-bond acceptors (Lipinski definition) is 2. The van der Waals surface area contributed by atoms with E-state index in [1.807, 2.05) is 31.2 Å². The molecular weight excluding hydrogens is 331 g/mol. The molecule has 0 spiro atoms. The minimum Gasteiger partial charge on any atom is -0.352 e. The molecule has 0 aliphatic heterocycles. The lowest BCUT2D eigenvalue weighted by molar-refractivity contribution is -0.129. The second-order valence-corrected chi connectivity index (χ2v) is 6.34. The van der Waals surface area contributed by atoms with Gasteiger partial charge in [0.25, 0.3) is 0 Å². The minimum atomic E-state index is -0.275. The summed E-state index contributed by atoms with van der Waals surface area (Å²) >= 11 is 0. The first-order valence-electron chi connectivity index (χ1n) is 8.77. The molecule has 0 aliphatic rings. The molecule has 2 aromatic rings. The molecule has 0 saturated carbocycles. The van der Waals surface area contributed by atoms with Gasteiger partial charge in [0.2, 0.25) is 11.8 Å². The Morgan fingerprint density at radius 1 is 1.04 bits per heavy atom. The number of nitrogens with one attached hydrogen (secondary N) is 1. The summed E-state index contributed by atoms with van der Waals surface area (Å²) in [5, 5.41) is 2.90. The molecular formula is C21H25FN2O2. The van der Waals surface area contributed by atoms with E-state index in [-0.39, 0.29) is 24.1 Å². The first-order chi connectivity index (χ1) is 12.5. The van der Waals surface area contributed by atoms with Crippen molar-refractivity contribution in [3.63, 3.8) is 0 Å². The first kappa shape index (κ1) is 19.6. The van der Waals surface area contributed by atoms with Crippen LogP contribution in [0, 0.1) is 12.7 Å². The molecule has 2 amide bonds. The van der Waals surface area contributed by atoms with E-state index < -0.39 is 0 Å². The zero-order valence-corrected chi connectivity index (χ0v) is 15.3. The van der Waals surface area contributed by atoms with Crippen LogP contribution in [0.25, 0.3) is 0 Å². The molecule has 5 heteroatoms. The van der Waals surface area contributed by atoms with Crippen molar-refractivity contribution in [3.05, 3.63) is 71.0 Å². The van der Waals surface area contributed by atoms with Crippen LogP contribution in [-0.2, 0) is 22.6 Å². The minimum absolute atomic E-state index is 0.0705. The van der Waals surface area contributed by atoms with Crippen LogP contribution in [0.3, 0.4) is 0 Å². The highest BCUT2D eigenvalue weighted by molar-refractivity contribution is 5.78. The fourth-order valence-electron chi connectivity index (χ4n) is 2.67. The number of carbonyl (C=O) groups is 2. The lowest BCUT2D eigenvalue weighted by Gasteiger charge is -2.21. The maximum absolute atomic E-state index is 12.9. The average Bonchev–Trinajstić information content (AvgIpc) is 2.62. The van der Waals surface area contributed by atoms with Crippen LogP contribution in [0.4, 0.5) is 4.39 Å². The molecule has 0 heterocycles. The third-order valence-corrected chi connectivity index (χ3v) is 4.38. The molecule has 0 atom stereocenters. The summed E-state index contributed by atoms with van der Waals surface area (Å²) in [6.07, 6.45) is 0.888. The molecule has 0 saturated heterocycles. The third-order valence-electron chi connectivity index (χ3n) is 4.38. The number of halogens is 1. The van der Waals surface area contributed by atoms with Crippen molar-refractivity contribution in [1.82, 2.24) is 10.2 Å². The Kier molecular flexibility index (Phi) is 7.33. The SMILES string of the molecule is CC(=O)N(CCC(=O)NCc1ccccc1C)CCc1ccc(F)cc1. The van der Waals surface area contributed by atoms with Gasteiger partial charge in [-0.15, -0.1) is 0 Å². The second-order valence-electron chi connectivity index (χ2n) is 6.34. The number of amides is 2. The van der Waals surface area contributed by atoms with Crippen LogP contribution < -0.4 is 5.32 Å². The molecule has 2 rings (SSSR count). The van der Waals surface area contributed by atoms with Crippen molar-refractivity contribution in [2.24, 2.45) is 0 Å². The van der Waals surface area contributed by atoms with E-state index >= 15 is 0 Å². The predicted octanol–water partition coefficient (Wildman–Crippen LogP) is 3.23. The number of nitrogens with zero attached hydrogens (tertiary/aromatic N) is 1. The predicted molar refractivity (Wildman–Crippen MR) is 100 cm³/mol. The van der Waals surface area contributed by atoms with Crippen molar-refractivity contribution in [2.75, 3.05) is 13.1 Å². The van der Waals surface area contributed by atoms with Crippen molar-refractivity contribution < 1.29 is 14.0 Å². The fraction of sp³-hybridized carbons (Fsp3) is 0.333. The van der Waals surface area contributed by atoms with E-state index in [9.17, 15) is 14.0 Å². The lowest BCUT2D eigenvalue weighted by Crippen LogP contribution is -2.35. The van der Waals surface area contributed by atoms with Crippen LogP contribution in [-0.4, -0.2) is 29.8 Å². The fourth-order valence-corrected chi connectivity index (χ4v) is 2.67. The van der Waals surface area contributed by atoms with Gasteiger partial charge < -0.3 is 10.2 Å². The number of hydrogen-bond donors (Lipinski definition) is 1. The zero-order chi connectivity index (χ0) is 18.9. The van der Waals surface area contributed by atoms with E-state index in [2.05, 4.69) is 5.32 Å². The van der Waals surface area contributed by atoms with Gasteiger partial charge in [-0.05, 0) is 42.2 Å². The summed E-state index contributed by atoms with van der Waals surface area (Å²) in [6.45, 7) is 4.87.